The molecule has 2 N–H and O–H groups in total. The first-order valence-corrected chi connectivity index (χ1v) is 7.17. The lowest BCUT2D eigenvalue weighted by Crippen LogP contribution is -2.12. The molecule has 2 heterocycles. The van der Waals surface area contributed by atoms with Crippen LogP contribution < -0.4 is 10.5 Å². The predicted molar refractivity (Wildman–Crippen MR) is 75.3 cm³/mol. The number of aryl methyl sites for hydroxylation is 1. The summed E-state index contributed by atoms with van der Waals surface area (Å²) in [4.78, 5) is 0. The monoisotopic (exact) mass is 259 g/mol. The van der Waals surface area contributed by atoms with E-state index in [0.29, 0.717) is 0 Å². The second-order valence-corrected chi connectivity index (χ2v) is 5.73. The van der Waals surface area contributed by atoms with Crippen molar-refractivity contribution >= 4 is 11.3 Å². The SMILES string of the molecule is Cc1cscc1C(N)c1ccc2c(c1)CC(C)O2. The van der Waals surface area contributed by atoms with Gasteiger partial charge in [0.05, 0.1) is 6.04 Å². The highest BCUT2D eigenvalue weighted by molar-refractivity contribution is 7.08. The molecule has 0 bridgehead atoms. The van der Waals surface area contributed by atoms with Gasteiger partial charge in [-0.1, -0.05) is 12.1 Å². The number of hydrogen-bond donors (Lipinski definition) is 1. The molecule has 94 valence electrons. The van der Waals surface area contributed by atoms with Crippen LogP contribution in [0.4, 0.5) is 0 Å². The number of rotatable bonds is 2. The van der Waals surface area contributed by atoms with Crippen molar-refractivity contribution in [2.24, 2.45) is 5.73 Å². The average Bonchev–Trinajstić information content (AvgIpc) is 2.91. The molecule has 2 unspecified atom stereocenters. The maximum atomic E-state index is 6.36. The summed E-state index contributed by atoms with van der Waals surface area (Å²) < 4.78 is 5.72. The van der Waals surface area contributed by atoms with Crippen molar-refractivity contribution in [3.63, 3.8) is 0 Å². The molecule has 0 fully saturated rings. The molecule has 3 heteroatoms. The van der Waals surface area contributed by atoms with E-state index in [0.717, 1.165) is 12.2 Å². The molecule has 3 rings (SSSR count). The first-order valence-electron chi connectivity index (χ1n) is 6.23. The molecule has 0 saturated carbocycles. The highest BCUT2D eigenvalue weighted by Gasteiger charge is 2.21. The molecule has 2 atom stereocenters. The van der Waals surface area contributed by atoms with Crippen LogP contribution >= 0.6 is 11.3 Å². The third kappa shape index (κ3) is 1.93. The summed E-state index contributed by atoms with van der Waals surface area (Å²) in [6, 6.07) is 6.30. The molecule has 1 aromatic carbocycles. The fraction of sp³-hybridized carbons (Fsp3) is 0.333. The van der Waals surface area contributed by atoms with Crippen LogP contribution in [-0.4, -0.2) is 6.10 Å². The molecular weight excluding hydrogens is 242 g/mol. The highest BCUT2D eigenvalue weighted by Crippen LogP contribution is 2.33. The molecule has 0 saturated heterocycles. The topological polar surface area (TPSA) is 35.2 Å². The normalized spacial score (nSPS) is 19.4. The molecule has 0 amide bonds. The lowest BCUT2D eigenvalue weighted by atomic mass is 9.97. The molecule has 0 radical (unpaired) electrons. The van der Waals surface area contributed by atoms with Gasteiger partial charge in [0, 0.05) is 6.42 Å². The van der Waals surface area contributed by atoms with Gasteiger partial charge in [-0.2, -0.15) is 11.3 Å². The molecule has 2 nitrogen and oxygen atoms in total. The van der Waals surface area contributed by atoms with Gasteiger partial charge in [0.15, 0.2) is 0 Å². The van der Waals surface area contributed by atoms with Crippen LogP contribution in [0.3, 0.4) is 0 Å². The van der Waals surface area contributed by atoms with Crippen LogP contribution in [-0.2, 0) is 6.42 Å². The fourth-order valence-corrected chi connectivity index (χ4v) is 3.39. The maximum absolute atomic E-state index is 6.36. The van der Waals surface area contributed by atoms with Crippen molar-refractivity contribution in [3.8, 4) is 5.75 Å². The molecule has 0 spiro atoms. The largest absolute Gasteiger partial charge is 0.490 e. The highest BCUT2D eigenvalue weighted by atomic mass is 32.1. The Kier molecular flexibility index (Phi) is 2.88. The second-order valence-electron chi connectivity index (χ2n) is 4.99. The van der Waals surface area contributed by atoms with Crippen LogP contribution in [0, 0.1) is 6.92 Å². The minimum Gasteiger partial charge on any atom is -0.490 e. The summed E-state index contributed by atoms with van der Waals surface area (Å²) in [5, 5.41) is 4.29. The van der Waals surface area contributed by atoms with Gasteiger partial charge >= 0.3 is 0 Å². The van der Waals surface area contributed by atoms with Gasteiger partial charge in [-0.05, 0) is 52.9 Å². The van der Waals surface area contributed by atoms with E-state index in [9.17, 15) is 0 Å². The molecule has 1 aliphatic heterocycles. The number of ether oxygens (including phenoxy) is 1. The van der Waals surface area contributed by atoms with Crippen molar-refractivity contribution in [2.45, 2.75) is 32.4 Å². The first-order chi connectivity index (χ1) is 8.65. The molecule has 0 aliphatic carbocycles. The summed E-state index contributed by atoms with van der Waals surface area (Å²) in [5.41, 5.74) is 11.3. The van der Waals surface area contributed by atoms with E-state index < -0.39 is 0 Å². The van der Waals surface area contributed by atoms with E-state index in [1.165, 1.54) is 22.3 Å². The Morgan fingerprint density at radius 3 is 2.94 bits per heavy atom. The van der Waals surface area contributed by atoms with Gasteiger partial charge in [-0.3, -0.25) is 0 Å². The van der Waals surface area contributed by atoms with Gasteiger partial charge < -0.3 is 10.5 Å². The fourth-order valence-electron chi connectivity index (χ4n) is 2.50. The molecule has 2 aromatic rings. The van der Waals surface area contributed by atoms with E-state index in [4.69, 9.17) is 10.5 Å². The molecule has 18 heavy (non-hydrogen) atoms. The minimum absolute atomic E-state index is 0.0301. The smallest absolute Gasteiger partial charge is 0.123 e. The van der Waals surface area contributed by atoms with Crippen molar-refractivity contribution in [1.82, 2.24) is 0 Å². The lowest BCUT2D eigenvalue weighted by molar-refractivity contribution is 0.254. The number of fused-ring (bicyclic) bond motifs is 1. The van der Waals surface area contributed by atoms with Crippen molar-refractivity contribution < 1.29 is 4.74 Å². The van der Waals surface area contributed by atoms with Gasteiger partial charge in [-0.15, -0.1) is 0 Å². The van der Waals surface area contributed by atoms with Gasteiger partial charge in [0.1, 0.15) is 11.9 Å². The average molecular weight is 259 g/mol. The van der Waals surface area contributed by atoms with E-state index in [2.05, 4.69) is 42.8 Å². The van der Waals surface area contributed by atoms with Gasteiger partial charge in [0.25, 0.3) is 0 Å². The molecule has 1 aliphatic rings. The minimum atomic E-state index is -0.0301. The predicted octanol–water partition coefficient (Wildman–Crippen LogP) is 3.43. The van der Waals surface area contributed by atoms with Crippen molar-refractivity contribution in [3.05, 3.63) is 51.2 Å². The zero-order chi connectivity index (χ0) is 12.7. The summed E-state index contributed by atoms with van der Waals surface area (Å²) in [5.74, 6) is 1.01. The Balaban J connectivity index is 1.94. The standard InChI is InChI=1S/C15H17NOS/c1-9-7-18-8-13(9)15(16)11-3-4-14-12(6-11)5-10(2)17-14/h3-4,6-8,10,15H,5,16H2,1-2H3. The van der Waals surface area contributed by atoms with Crippen LogP contribution in [0.1, 0.15) is 35.2 Å². The summed E-state index contributed by atoms with van der Waals surface area (Å²) in [6.07, 6.45) is 1.27. The Hall–Kier alpha value is -1.32. The van der Waals surface area contributed by atoms with Gasteiger partial charge in [-0.25, -0.2) is 0 Å². The van der Waals surface area contributed by atoms with Crippen LogP contribution in [0.15, 0.2) is 29.0 Å². The number of benzene rings is 1. The van der Waals surface area contributed by atoms with Crippen molar-refractivity contribution in [2.75, 3.05) is 0 Å². The Labute approximate surface area is 111 Å². The number of hydrogen-bond acceptors (Lipinski definition) is 3. The van der Waals surface area contributed by atoms with Gasteiger partial charge in [0.2, 0.25) is 0 Å². The number of nitrogens with two attached hydrogens (primary N) is 1. The molecular formula is C15H17NOS. The van der Waals surface area contributed by atoms with E-state index in [-0.39, 0.29) is 12.1 Å². The Morgan fingerprint density at radius 1 is 1.39 bits per heavy atom. The van der Waals surface area contributed by atoms with Crippen LogP contribution in [0.5, 0.6) is 5.75 Å². The third-order valence-corrected chi connectivity index (χ3v) is 4.39. The van der Waals surface area contributed by atoms with Crippen molar-refractivity contribution in [1.29, 1.82) is 0 Å². The third-order valence-electron chi connectivity index (χ3n) is 3.51. The second kappa shape index (κ2) is 4.41. The summed E-state index contributed by atoms with van der Waals surface area (Å²) >= 11 is 1.71. The quantitative estimate of drug-likeness (QED) is 0.896. The number of thiophene rings is 1. The lowest BCUT2D eigenvalue weighted by Gasteiger charge is -2.13. The Morgan fingerprint density at radius 2 is 2.22 bits per heavy atom. The van der Waals surface area contributed by atoms with E-state index in [1.807, 2.05) is 0 Å². The van der Waals surface area contributed by atoms with Crippen LogP contribution in [0.2, 0.25) is 0 Å². The van der Waals surface area contributed by atoms with E-state index >= 15 is 0 Å². The Bertz CT molecular complexity index is 576. The summed E-state index contributed by atoms with van der Waals surface area (Å²) in [6.45, 7) is 4.22. The zero-order valence-electron chi connectivity index (χ0n) is 10.6. The first kappa shape index (κ1) is 11.8. The van der Waals surface area contributed by atoms with E-state index in [1.54, 1.807) is 11.3 Å². The maximum Gasteiger partial charge on any atom is 0.123 e. The van der Waals surface area contributed by atoms with Crippen LogP contribution in [0.25, 0.3) is 0 Å². The molecule has 1 aromatic heterocycles. The zero-order valence-corrected chi connectivity index (χ0v) is 11.5. The summed E-state index contributed by atoms with van der Waals surface area (Å²) in [7, 11) is 0.